The third kappa shape index (κ3) is 2.44. The highest BCUT2D eigenvalue weighted by atomic mass is 15.3. The molecule has 1 aromatic carbocycles. The molecule has 1 unspecified atom stereocenters. The van der Waals surface area contributed by atoms with Crippen LogP contribution >= 0.6 is 0 Å². The molecule has 1 aromatic rings. The summed E-state index contributed by atoms with van der Waals surface area (Å²) in [6.07, 6.45) is 0. The number of hydrogen-bond donors (Lipinski definition) is 1. The molecule has 1 atom stereocenters. The molecule has 3 rings (SSSR count). The van der Waals surface area contributed by atoms with E-state index in [0.29, 0.717) is 6.04 Å². The van der Waals surface area contributed by atoms with Crippen LogP contribution in [0, 0.1) is 0 Å². The van der Waals surface area contributed by atoms with Gasteiger partial charge in [0.05, 0.1) is 0 Å². The van der Waals surface area contributed by atoms with E-state index in [9.17, 15) is 0 Å². The Morgan fingerprint density at radius 1 is 1.22 bits per heavy atom. The Labute approximate surface area is 110 Å². The van der Waals surface area contributed by atoms with Crippen molar-refractivity contribution < 1.29 is 0 Å². The minimum Gasteiger partial charge on any atom is -0.309 e. The van der Waals surface area contributed by atoms with Crippen molar-refractivity contribution in [2.75, 3.05) is 26.7 Å². The quantitative estimate of drug-likeness (QED) is 0.850. The Morgan fingerprint density at radius 2 is 2.06 bits per heavy atom. The Kier molecular flexibility index (Phi) is 3.37. The van der Waals surface area contributed by atoms with E-state index in [1.807, 2.05) is 0 Å². The number of fused-ring (bicyclic) bond motifs is 1. The van der Waals surface area contributed by atoms with Gasteiger partial charge < -0.3 is 10.2 Å². The molecule has 2 aliphatic rings. The second kappa shape index (κ2) is 5.00. The van der Waals surface area contributed by atoms with Crippen molar-refractivity contribution in [3.8, 4) is 0 Å². The molecule has 0 spiro atoms. The summed E-state index contributed by atoms with van der Waals surface area (Å²) >= 11 is 0. The van der Waals surface area contributed by atoms with Crippen LogP contribution in [-0.2, 0) is 19.6 Å². The molecule has 2 aliphatic heterocycles. The van der Waals surface area contributed by atoms with Gasteiger partial charge in [0.25, 0.3) is 0 Å². The largest absolute Gasteiger partial charge is 0.309 e. The summed E-state index contributed by atoms with van der Waals surface area (Å²) in [5, 5.41) is 3.41. The van der Waals surface area contributed by atoms with Gasteiger partial charge in [-0.25, -0.2) is 0 Å². The second-order valence-electron chi connectivity index (χ2n) is 5.79. The zero-order chi connectivity index (χ0) is 12.5. The van der Waals surface area contributed by atoms with Crippen molar-refractivity contribution in [2.45, 2.75) is 32.6 Å². The van der Waals surface area contributed by atoms with Gasteiger partial charge in [-0.15, -0.1) is 0 Å². The maximum absolute atomic E-state index is 3.41. The van der Waals surface area contributed by atoms with Gasteiger partial charge in [0.2, 0.25) is 0 Å². The average molecular weight is 245 g/mol. The summed E-state index contributed by atoms with van der Waals surface area (Å²) in [7, 11) is 2.22. The number of nitrogens with zero attached hydrogens (tertiary/aromatic N) is 2. The molecule has 0 amide bonds. The van der Waals surface area contributed by atoms with Crippen molar-refractivity contribution in [1.82, 2.24) is 15.1 Å². The molecule has 3 heteroatoms. The van der Waals surface area contributed by atoms with E-state index in [4.69, 9.17) is 0 Å². The lowest BCUT2D eigenvalue weighted by Gasteiger charge is -2.38. The van der Waals surface area contributed by atoms with E-state index in [-0.39, 0.29) is 0 Å². The van der Waals surface area contributed by atoms with E-state index in [1.165, 1.54) is 36.3 Å². The smallest absolute Gasteiger partial charge is 0.0237 e. The standard InChI is InChI=1S/C15H23N3/c1-12-10-17(2)5-6-18(12)11-13-3-4-14-8-16-9-15(14)7-13/h3-4,7,12,16H,5-6,8-11H2,1-2H3. The zero-order valence-electron chi connectivity index (χ0n) is 11.4. The molecule has 1 saturated heterocycles. The molecule has 18 heavy (non-hydrogen) atoms. The fraction of sp³-hybridized carbons (Fsp3) is 0.600. The number of hydrogen-bond acceptors (Lipinski definition) is 3. The zero-order valence-corrected chi connectivity index (χ0v) is 11.4. The summed E-state index contributed by atoms with van der Waals surface area (Å²) < 4.78 is 0. The van der Waals surface area contributed by atoms with Crippen LogP contribution in [0.5, 0.6) is 0 Å². The number of nitrogens with one attached hydrogen (secondary N) is 1. The van der Waals surface area contributed by atoms with Crippen molar-refractivity contribution in [3.63, 3.8) is 0 Å². The fourth-order valence-corrected chi connectivity index (χ4v) is 3.09. The minimum absolute atomic E-state index is 0.662. The summed E-state index contributed by atoms with van der Waals surface area (Å²) in [6, 6.07) is 7.65. The second-order valence-corrected chi connectivity index (χ2v) is 5.79. The van der Waals surface area contributed by atoms with E-state index in [2.05, 4.69) is 47.3 Å². The van der Waals surface area contributed by atoms with Gasteiger partial charge >= 0.3 is 0 Å². The monoisotopic (exact) mass is 245 g/mol. The van der Waals surface area contributed by atoms with Crippen molar-refractivity contribution in [1.29, 1.82) is 0 Å². The van der Waals surface area contributed by atoms with Gasteiger partial charge in [0.15, 0.2) is 0 Å². The molecular weight excluding hydrogens is 222 g/mol. The summed E-state index contributed by atoms with van der Waals surface area (Å²) in [5.74, 6) is 0. The first kappa shape index (κ1) is 12.2. The maximum atomic E-state index is 3.41. The molecule has 0 radical (unpaired) electrons. The predicted molar refractivity (Wildman–Crippen MR) is 74.4 cm³/mol. The molecule has 1 N–H and O–H groups in total. The number of benzene rings is 1. The fourth-order valence-electron chi connectivity index (χ4n) is 3.09. The van der Waals surface area contributed by atoms with Gasteiger partial charge in [-0.1, -0.05) is 18.2 Å². The highest BCUT2D eigenvalue weighted by Gasteiger charge is 2.21. The Morgan fingerprint density at radius 3 is 2.89 bits per heavy atom. The first-order chi connectivity index (χ1) is 8.72. The van der Waals surface area contributed by atoms with Crippen LogP contribution in [0.3, 0.4) is 0 Å². The molecule has 0 aliphatic carbocycles. The van der Waals surface area contributed by atoms with Crippen molar-refractivity contribution >= 4 is 0 Å². The van der Waals surface area contributed by atoms with E-state index in [1.54, 1.807) is 0 Å². The predicted octanol–water partition coefficient (Wildman–Crippen LogP) is 1.43. The third-order valence-corrected chi connectivity index (χ3v) is 4.26. The van der Waals surface area contributed by atoms with Crippen LogP contribution in [0.15, 0.2) is 18.2 Å². The van der Waals surface area contributed by atoms with Gasteiger partial charge in [0.1, 0.15) is 0 Å². The number of rotatable bonds is 2. The minimum atomic E-state index is 0.662. The Balaban J connectivity index is 1.69. The summed E-state index contributed by atoms with van der Waals surface area (Å²) in [5.41, 5.74) is 4.44. The molecular formula is C15H23N3. The molecule has 0 saturated carbocycles. The van der Waals surface area contributed by atoms with Crippen LogP contribution in [0.2, 0.25) is 0 Å². The SMILES string of the molecule is CC1CN(C)CCN1Cc1ccc2c(c1)CNC2. The average Bonchev–Trinajstić information content (AvgIpc) is 2.80. The van der Waals surface area contributed by atoms with E-state index >= 15 is 0 Å². The van der Waals surface area contributed by atoms with Crippen LogP contribution < -0.4 is 5.32 Å². The molecule has 1 fully saturated rings. The lowest BCUT2D eigenvalue weighted by molar-refractivity contribution is 0.0938. The van der Waals surface area contributed by atoms with Gasteiger partial charge in [-0.3, -0.25) is 4.90 Å². The third-order valence-electron chi connectivity index (χ3n) is 4.26. The van der Waals surface area contributed by atoms with Gasteiger partial charge in [-0.2, -0.15) is 0 Å². The van der Waals surface area contributed by atoms with Crippen LogP contribution in [0.25, 0.3) is 0 Å². The van der Waals surface area contributed by atoms with E-state index < -0.39 is 0 Å². The van der Waals surface area contributed by atoms with Gasteiger partial charge in [0, 0.05) is 45.3 Å². The lowest BCUT2D eigenvalue weighted by Crippen LogP contribution is -2.49. The Bertz CT molecular complexity index is 430. The van der Waals surface area contributed by atoms with Gasteiger partial charge in [-0.05, 0) is 30.7 Å². The molecule has 98 valence electrons. The molecule has 2 heterocycles. The maximum Gasteiger partial charge on any atom is 0.0237 e. The molecule has 0 aromatic heterocycles. The van der Waals surface area contributed by atoms with Crippen LogP contribution in [0.4, 0.5) is 0 Å². The molecule has 0 bridgehead atoms. The van der Waals surface area contributed by atoms with Crippen LogP contribution in [0.1, 0.15) is 23.6 Å². The normalized spacial score (nSPS) is 25.3. The Hall–Kier alpha value is -0.900. The highest BCUT2D eigenvalue weighted by molar-refractivity contribution is 5.34. The first-order valence-corrected chi connectivity index (χ1v) is 6.96. The highest BCUT2D eigenvalue weighted by Crippen LogP contribution is 2.19. The summed E-state index contributed by atoms with van der Waals surface area (Å²) in [4.78, 5) is 5.03. The molecule has 3 nitrogen and oxygen atoms in total. The number of likely N-dealkylation sites (N-methyl/N-ethyl adjacent to an activating group) is 1. The van der Waals surface area contributed by atoms with Crippen LogP contribution in [-0.4, -0.2) is 42.5 Å². The van der Waals surface area contributed by atoms with Crippen molar-refractivity contribution in [2.24, 2.45) is 0 Å². The van der Waals surface area contributed by atoms with E-state index in [0.717, 1.165) is 19.6 Å². The summed E-state index contributed by atoms with van der Waals surface area (Å²) in [6.45, 7) is 9.09. The number of piperazine rings is 1. The topological polar surface area (TPSA) is 18.5 Å². The lowest BCUT2D eigenvalue weighted by atomic mass is 10.0. The first-order valence-electron chi connectivity index (χ1n) is 6.96. The van der Waals surface area contributed by atoms with Crippen molar-refractivity contribution in [3.05, 3.63) is 34.9 Å².